The summed E-state index contributed by atoms with van der Waals surface area (Å²) in [6, 6.07) is 8.71. The number of benzene rings is 1. The molecule has 4 nitrogen and oxygen atoms in total. The molecule has 0 saturated carbocycles. The molecule has 0 spiro atoms. The van der Waals surface area contributed by atoms with E-state index in [4.69, 9.17) is 11.0 Å². The van der Waals surface area contributed by atoms with E-state index in [1.165, 1.54) is 0 Å². The van der Waals surface area contributed by atoms with Gasteiger partial charge in [0.15, 0.2) is 0 Å². The third-order valence-corrected chi connectivity index (χ3v) is 2.72. The van der Waals surface area contributed by atoms with Crippen LogP contribution in [0.15, 0.2) is 24.3 Å². The largest absolute Gasteiger partial charge is 0.325 e. The van der Waals surface area contributed by atoms with Crippen molar-refractivity contribution in [1.82, 2.24) is 0 Å². The molecule has 1 atom stereocenters. The monoisotopic (exact) mass is 245 g/mol. The number of amides is 1. The normalized spacial score (nSPS) is 12.6. The molecular weight excluding hydrogens is 226 g/mol. The molecule has 4 heteroatoms. The topological polar surface area (TPSA) is 78.9 Å². The Balaban J connectivity index is 2.68. The van der Waals surface area contributed by atoms with Crippen LogP contribution >= 0.6 is 0 Å². The zero-order valence-electron chi connectivity index (χ0n) is 11.0. The maximum absolute atomic E-state index is 11.9. The first-order valence-electron chi connectivity index (χ1n) is 5.87. The summed E-state index contributed by atoms with van der Waals surface area (Å²) in [6.45, 7) is 5.77. The fraction of sp³-hybridized carbons (Fsp3) is 0.429. The molecule has 0 aliphatic heterocycles. The van der Waals surface area contributed by atoms with E-state index in [1.54, 1.807) is 12.1 Å². The Morgan fingerprint density at radius 3 is 2.39 bits per heavy atom. The second kappa shape index (κ2) is 5.65. The van der Waals surface area contributed by atoms with E-state index in [-0.39, 0.29) is 11.3 Å². The molecule has 0 aliphatic rings. The summed E-state index contributed by atoms with van der Waals surface area (Å²) in [5.74, 6) is -0.199. The van der Waals surface area contributed by atoms with Crippen molar-refractivity contribution in [2.24, 2.45) is 11.1 Å². The Morgan fingerprint density at radius 2 is 1.94 bits per heavy atom. The van der Waals surface area contributed by atoms with Gasteiger partial charge in [-0.3, -0.25) is 4.79 Å². The lowest BCUT2D eigenvalue weighted by molar-refractivity contribution is -0.119. The van der Waals surface area contributed by atoms with E-state index in [2.05, 4.69) is 11.4 Å². The molecule has 0 aromatic heterocycles. The van der Waals surface area contributed by atoms with Gasteiger partial charge in [0.25, 0.3) is 0 Å². The number of anilines is 1. The standard InChI is InChI=1S/C14H19N3O/c1-14(2,3)12(16)13(18)17-11-6-4-10(5-7-11)8-9-15/h4-7,12H,8,16H2,1-3H3,(H,17,18)/t12-/m0/s1. The van der Waals surface area contributed by atoms with Crippen molar-refractivity contribution in [2.45, 2.75) is 33.2 Å². The molecule has 0 fully saturated rings. The number of carbonyl (C=O) groups excluding carboxylic acids is 1. The summed E-state index contributed by atoms with van der Waals surface area (Å²) in [5, 5.41) is 11.3. The predicted molar refractivity (Wildman–Crippen MR) is 71.8 cm³/mol. The maximum atomic E-state index is 11.9. The lowest BCUT2D eigenvalue weighted by Gasteiger charge is -2.25. The Kier molecular flexibility index (Phi) is 4.46. The maximum Gasteiger partial charge on any atom is 0.241 e. The molecule has 0 saturated heterocycles. The van der Waals surface area contributed by atoms with Crippen LogP contribution < -0.4 is 11.1 Å². The summed E-state index contributed by atoms with van der Waals surface area (Å²) >= 11 is 0. The number of rotatable bonds is 3. The van der Waals surface area contributed by atoms with E-state index in [0.717, 1.165) is 5.56 Å². The summed E-state index contributed by atoms with van der Waals surface area (Å²) in [7, 11) is 0. The third-order valence-electron chi connectivity index (χ3n) is 2.72. The lowest BCUT2D eigenvalue weighted by atomic mass is 9.87. The average molecular weight is 245 g/mol. The van der Waals surface area contributed by atoms with E-state index in [9.17, 15) is 4.79 Å². The second-order valence-corrected chi connectivity index (χ2v) is 5.36. The molecule has 0 unspecified atom stereocenters. The van der Waals surface area contributed by atoms with Gasteiger partial charge in [0.1, 0.15) is 0 Å². The molecule has 0 heterocycles. The fourth-order valence-electron chi connectivity index (χ4n) is 1.41. The van der Waals surface area contributed by atoms with Crippen molar-refractivity contribution >= 4 is 11.6 Å². The Labute approximate surface area is 108 Å². The van der Waals surface area contributed by atoms with E-state index in [0.29, 0.717) is 12.1 Å². The van der Waals surface area contributed by atoms with Gasteiger partial charge in [-0.25, -0.2) is 0 Å². The number of nitrogens with two attached hydrogens (primary N) is 1. The van der Waals surface area contributed by atoms with Crippen LogP contribution in [0.1, 0.15) is 26.3 Å². The van der Waals surface area contributed by atoms with Crippen molar-refractivity contribution in [3.8, 4) is 6.07 Å². The molecule has 3 N–H and O–H groups in total. The van der Waals surface area contributed by atoms with E-state index >= 15 is 0 Å². The fourth-order valence-corrected chi connectivity index (χ4v) is 1.41. The molecule has 0 radical (unpaired) electrons. The lowest BCUT2D eigenvalue weighted by Crippen LogP contribution is -2.45. The van der Waals surface area contributed by atoms with Crippen molar-refractivity contribution in [3.05, 3.63) is 29.8 Å². The van der Waals surface area contributed by atoms with Crippen molar-refractivity contribution < 1.29 is 4.79 Å². The average Bonchev–Trinajstić information content (AvgIpc) is 2.30. The van der Waals surface area contributed by atoms with Crippen LogP contribution in [0.3, 0.4) is 0 Å². The van der Waals surface area contributed by atoms with Crippen molar-refractivity contribution in [1.29, 1.82) is 5.26 Å². The smallest absolute Gasteiger partial charge is 0.241 e. The number of nitriles is 1. The molecule has 1 aromatic rings. The number of carbonyl (C=O) groups is 1. The Bertz CT molecular complexity index is 451. The highest BCUT2D eigenvalue weighted by atomic mass is 16.2. The minimum Gasteiger partial charge on any atom is -0.325 e. The minimum atomic E-state index is -0.559. The molecule has 1 amide bonds. The number of nitrogens with zero attached hydrogens (tertiary/aromatic N) is 1. The third kappa shape index (κ3) is 3.86. The van der Waals surface area contributed by atoms with Crippen LogP contribution in [0.5, 0.6) is 0 Å². The Morgan fingerprint density at radius 1 is 1.39 bits per heavy atom. The molecule has 0 aliphatic carbocycles. The number of hydrogen-bond donors (Lipinski definition) is 2. The molecule has 0 bridgehead atoms. The first-order valence-corrected chi connectivity index (χ1v) is 5.87. The van der Waals surface area contributed by atoms with Gasteiger partial charge in [-0.05, 0) is 23.1 Å². The van der Waals surface area contributed by atoms with Gasteiger partial charge < -0.3 is 11.1 Å². The highest BCUT2D eigenvalue weighted by Crippen LogP contribution is 2.19. The van der Waals surface area contributed by atoms with Crippen LogP contribution in [-0.2, 0) is 11.2 Å². The first kappa shape index (κ1) is 14.2. The number of hydrogen-bond acceptors (Lipinski definition) is 3. The minimum absolute atomic E-state index is 0.199. The summed E-state index contributed by atoms with van der Waals surface area (Å²) in [5.41, 5.74) is 7.21. The second-order valence-electron chi connectivity index (χ2n) is 5.36. The van der Waals surface area contributed by atoms with Crippen molar-refractivity contribution in [2.75, 3.05) is 5.32 Å². The summed E-state index contributed by atoms with van der Waals surface area (Å²) in [4.78, 5) is 11.9. The molecule has 1 rings (SSSR count). The molecular formula is C14H19N3O. The molecule has 96 valence electrons. The highest BCUT2D eigenvalue weighted by Gasteiger charge is 2.27. The highest BCUT2D eigenvalue weighted by molar-refractivity contribution is 5.95. The summed E-state index contributed by atoms with van der Waals surface area (Å²) < 4.78 is 0. The van der Waals surface area contributed by atoms with E-state index in [1.807, 2.05) is 32.9 Å². The van der Waals surface area contributed by atoms with Crippen LogP contribution in [0.2, 0.25) is 0 Å². The Hall–Kier alpha value is -1.86. The summed E-state index contributed by atoms with van der Waals surface area (Å²) in [6.07, 6.45) is 0.371. The van der Waals surface area contributed by atoms with E-state index < -0.39 is 6.04 Å². The van der Waals surface area contributed by atoms with Gasteiger partial charge in [0, 0.05) is 5.69 Å². The zero-order valence-corrected chi connectivity index (χ0v) is 11.0. The van der Waals surface area contributed by atoms with Crippen LogP contribution in [0.25, 0.3) is 0 Å². The van der Waals surface area contributed by atoms with Gasteiger partial charge in [-0.1, -0.05) is 32.9 Å². The van der Waals surface area contributed by atoms with Gasteiger partial charge in [0.05, 0.1) is 18.5 Å². The van der Waals surface area contributed by atoms with Crippen LogP contribution in [0.4, 0.5) is 5.69 Å². The van der Waals surface area contributed by atoms with Gasteiger partial charge >= 0.3 is 0 Å². The quantitative estimate of drug-likeness (QED) is 0.855. The number of nitrogens with one attached hydrogen (secondary N) is 1. The van der Waals surface area contributed by atoms with Gasteiger partial charge in [0.2, 0.25) is 5.91 Å². The predicted octanol–water partition coefficient (Wildman–Crippen LogP) is 2.06. The van der Waals surface area contributed by atoms with Gasteiger partial charge in [-0.15, -0.1) is 0 Å². The molecule has 1 aromatic carbocycles. The molecule has 18 heavy (non-hydrogen) atoms. The van der Waals surface area contributed by atoms with Crippen molar-refractivity contribution in [3.63, 3.8) is 0 Å². The first-order chi connectivity index (χ1) is 8.34. The SMILES string of the molecule is CC(C)(C)[C@@H](N)C(=O)Nc1ccc(CC#N)cc1. The van der Waals surface area contributed by atoms with Crippen LogP contribution in [-0.4, -0.2) is 11.9 Å². The zero-order chi connectivity index (χ0) is 13.8. The van der Waals surface area contributed by atoms with Gasteiger partial charge in [-0.2, -0.15) is 5.26 Å². The van der Waals surface area contributed by atoms with Crippen LogP contribution in [0, 0.1) is 16.7 Å².